The minimum Gasteiger partial charge on any atom is -0.484 e. The summed E-state index contributed by atoms with van der Waals surface area (Å²) in [7, 11) is 3.98. The molecule has 0 aliphatic heterocycles. The van der Waals surface area contributed by atoms with E-state index in [9.17, 15) is 4.79 Å². The standard InChI is InChI=1S/C22H32N4O2/c1-6-11-26(13-12-25(4)5)22(27)17-28-21-10-8-9-19(14-21)20(15-23)16-24-18(3)7-2/h7-10,14-16,23H,2,6,11-13,17H2,1,3-5H3. The Morgan fingerprint density at radius 1 is 1.29 bits per heavy atom. The van der Waals surface area contributed by atoms with Crippen LogP contribution in [0.25, 0.3) is 5.57 Å². The molecule has 1 aromatic carbocycles. The molecular formula is C22H32N4O2. The van der Waals surface area contributed by atoms with Crippen LogP contribution in [0.4, 0.5) is 0 Å². The molecule has 1 N–H and O–H groups in total. The second-order valence-corrected chi connectivity index (χ2v) is 6.70. The number of hydrogen-bond donors (Lipinski definition) is 1. The van der Waals surface area contributed by atoms with E-state index in [1.165, 1.54) is 6.21 Å². The van der Waals surface area contributed by atoms with E-state index < -0.39 is 0 Å². The van der Waals surface area contributed by atoms with Gasteiger partial charge in [-0.15, -0.1) is 0 Å². The molecule has 152 valence electrons. The van der Waals surface area contributed by atoms with Crippen LogP contribution < -0.4 is 4.74 Å². The lowest BCUT2D eigenvalue weighted by atomic mass is 10.1. The van der Waals surface area contributed by atoms with E-state index in [2.05, 4.69) is 23.4 Å². The Hall–Kier alpha value is -2.73. The van der Waals surface area contributed by atoms with Crippen molar-refractivity contribution in [3.63, 3.8) is 0 Å². The maximum absolute atomic E-state index is 12.5. The van der Waals surface area contributed by atoms with Gasteiger partial charge in [0.25, 0.3) is 5.91 Å². The minimum atomic E-state index is -0.0249. The summed E-state index contributed by atoms with van der Waals surface area (Å²) >= 11 is 0. The highest BCUT2D eigenvalue weighted by Gasteiger charge is 2.13. The topological polar surface area (TPSA) is 69.0 Å². The molecule has 0 fully saturated rings. The number of hydrogen-bond acceptors (Lipinski definition) is 5. The van der Waals surface area contributed by atoms with Crippen molar-refractivity contribution in [1.29, 1.82) is 5.41 Å². The third-order valence-corrected chi connectivity index (χ3v) is 4.05. The summed E-state index contributed by atoms with van der Waals surface area (Å²) in [5.41, 5.74) is 2.22. The van der Waals surface area contributed by atoms with Crippen LogP contribution in [0, 0.1) is 5.41 Å². The van der Waals surface area contributed by atoms with Crippen molar-refractivity contribution < 1.29 is 9.53 Å². The van der Waals surface area contributed by atoms with Crippen molar-refractivity contribution in [3.05, 3.63) is 48.7 Å². The molecule has 6 heteroatoms. The Bertz CT molecular complexity index is 723. The Labute approximate surface area is 168 Å². The molecule has 0 radical (unpaired) electrons. The maximum Gasteiger partial charge on any atom is 0.260 e. The van der Waals surface area contributed by atoms with Crippen molar-refractivity contribution in [2.75, 3.05) is 40.3 Å². The fraction of sp³-hybridized carbons (Fsp3) is 0.409. The number of allylic oxidation sites excluding steroid dienone is 2. The molecule has 0 unspecified atom stereocenters. The summed E-state index contributed by atoms with van der Waals surface area (Å²) in [6.45, 7) is 9.78. The summed E-state index contributed by atoms with van der Waals surface area (Å²) in [6, 6.07) is 7.34. The predicted octanol–water partition coefficient (Wildman–Crippen LogP) is 3.50. The zero-order chi connectivity index (χ0) is 20.9. The van der Waals surface area contributed by atoms with E-state index in [0.29, 0.717) is 17.9 Å². The van der Waals surface area contributed by atoms with E-state index in [0.717, 1.165) is 30.8 Å². The van der Waals surface area contributed by atoms with Crippen molar-refractivity contribution in [3.8, 4) is 5.75 Å². The number of rotatable bonds is 12. The Balaban J connectivity index is 2.82. The van der Waals surface area contributed by atoms with Gasteiger partial charge in [-0.1, -0.05) is 25.6 Å². The fourth-order valence-corrected chi connectivity index (χ4v) is 2.37. The lowest BCUT2D eigenvalue weighted by Crippen LogP contribution is -2.39. The van der Waals surface area contributed by atoms with Crippen molar-refractivity contribution >= 4 is 23.4 Å². The van der Waals surface area contributed by atoms with Gasteiger partial charge in [0.05, 0.1) is 0 Å². The zero-order valence-corrected chi connectivity index (χ0v) is 17.4. The summed E-state index contributed by atoms with van der Waals surface area (Å²) in [6.07, 6.45) is 5.43. The van der Waals surface area contributed by atoms with Crippen molar-refractivity contribution in [2.45, 2.75) is 20.3 Å². The van der Waals surface area contributed by atoms with E-state index in [1.54, 1.807) is 18.3 Å². The summed E-state index contributed by atoms with van der Waals surface area (Å²) in [5, 5.41) is 7.63. The maximum atomic E-state index is 12.5. The number of carbonyl (C=O) groups excluding carboxylic acids is 1. The van der Waals surface area contributed by atoms with Gasteiger partial charge in [0.15, 0.2) is 6.61 Å². The normalized spacial score (nSPS) is 12.0. The highest BCUT2D eigenvalue weighted by molar-refractivity contribution is 6.09. The molecule has 0 bridgehead atoms. The van der Waals surface area contributed by atoms with E-state index >= 15 is 0 Å². The van der Waals surface area contributed by atoms with E-state index in [4.69, 9.17) is 10.1 Å². The Kier molecular flexibility index (Phi) is 10.5. The van der Waals surface area contributed by atoms with Gasteiger partial charge in [0.1, 0.15) is 5.75 Å². The molecule has 0 heterocycles. The van der Waals surface area contributed by atoms with Crippen LogP contribution in [-0.2, 0) is 4.79 Å². The average Bonchev–Trinajstić information content (AvgIpc) is 2.69. The van der Waals surface area contributed by atoms with Gasteiger partial charge in [0, 0.05) is 43.3 Å². The molecule has 0 aromatic heterocycles. The average molecular weight is 385 g/mol. The molecule has 1 rings (SSSR count). The SMILES string of the molecule is C=CC(C)=NC=C(C=N)c1cccc(OCC(=O)N(CCC)CCN(C)C)c1. The van der Waals surface area contributed by atoms with Crippen molar-refractivity contribution in [2.24, 2.45) is 4.99 Å². The molecule has 0 atom stereocenters. The Morgan fingerprint density at radius 3 is 2.64 bits per heavy atom. The first-order valence-corrected chi connectivity index (χ1v) is 9.44. The molecule has 0 saturated heterocycles. The second kappa shape index (κ2) is 12.6. The molecule has 0 saturated carbocycles. The molecule has 0 aliphatic carbocycles. The summed E-state index contributed by atoms with van der Waals surface area (Å²) in [4.78, 5) is 20.7. The second-order valence-electron chi connectivity index (χ2n) is 6.70. The third-order valence-electron chi connectivity index (χ3n) is 4.05. The van der Waals surface area contributed by atoms with Crippen LogP contribution in [0.2, 0.25) is 0 Å². The predicted molar refractivity (Wildman–Crippen MR) is 117 cm³/mol. The number of nitrogens with one attached hydrogen (secondary N) is 1. The molecular weight excluding hydrogens is 352 g/mol. The molecule has 0 spiro atoms. The number of benzene rings is 1. The quantitative estimate of drug-likeness (QED) is 0.561. The first-order chi connectivity index (χ1) is 13.4. The summed E-state index contributed by atoms with van der Waals surface area (Å²) in [5.74, 6) is 0.565. The minimum absolute atomic E-state index is 0.00571. The van der Waals surface area contributed by atoms with Crippen LogP contribution in [0.3, 0.4) is 0 Å². The number of amides is 1. The monoisotopic (exact) mass is 384 g/mol. The lowest BCUT2D eigenvalue weighted by molar-refractivity contribution is -0.133. The molecule has 28 heavy (non-hydrogen) atoms. The van der Waals surface area contributed by atoms with Gasteiger partial charge in [-0.3, -0.25) is 9.79 Å². The summed E-state index contributed by atoms with van der Waals surface area (Å²) < 4.78 is 5.72. The number of carbonyl (C=O) groups is 1. The molecule has 1 amide bonds. The first kappa shape index (κ1) is 23.3. The number of aliphatic imine (C=N–C) groups is 1. The van der Waals surface area contributed by atoms with Crippen LogP contribution in [0.1, 0.15) is 25.8 Å². The highest BCUT2D eigenvalue weighted by Crippen LogP contribution is 2.19. The molecule has 1 aromatic rings. The van der Waals surface area contributed by atoms with Crippen LogP contribution >= 0.6 is 0 Å². The van der Waals surface area contributed by atoms with E-state index in [1.807, 2.05) is 44.1 Å². The number of nitrogens with zero attached hydrogens (tertiary/aromatic N) is 3. The third kappa shape index (κ3) is 8.31. The number of ether oxygens (including phenoxy) is 1. The van der Waals surface area contributed by atoms with Crippen molar-refractivity contribution in [1.82, 2.24) is 9.80 Å². The highest BCUT2D eigenvalue weighted by atomic mass is 16.5. The largest absolute Gasteiger partial charge is 0.484 e. The smallest absolute Gasteiger partial charge is 0.260 e. The van der Waals surface area contributed by atoms with Gasteiger partial charge in [-0.2, -0.15) is 0 Å². The van der Waals surface area contributed by atoms with E-state index in [-0.39, 0.29) is 12.5 Å². The first-order valence-electron chi connectivity index (χ1n) is 9.44. The lowest BCUT2D eigenvalue weighted by Gasteiger charge is -2.24. The van der Waals surface area contributed by atoms with Crippen LogP contribution in [0.5, 0.6) is 5.75 Å². The van der Waals surface area contributed by atoms with Gasteiger partial charge in [-0.05, 0) is 51.2 Å². The van der Waals surface area contributed by atoms with Gasteiger partial charge in [0.2, 0.25) is 0 Å². The molecule has 0 aliphatic rings. The van der Waals surface area contributed by atoms with Crippen LogP contribution in [0.15, 0.2) is 48.1 Å². The molecule has 6 nitrogen and oxygen atoms in total. The Morgan fingerprint density at radius 2 is 2.04 bits per heavy atom. The van der Waals surface area contributed by atoms with Gasteiger partial charge < -0.3 is 19.9 Å². The van der Waals surface area contributed by atoms with Crippen LogP contribution in [-0.4, -0.2) is 68.0 Å². The fourth-order valence-electron chi connectivity index (χ4n) is 2.37. The number of likely N-dealkylation sites (N-methyl/N-ethyl adjacent to an activating group) is 1. The van der Waals surface area contributed by atoms with Gasteiger partial charge >= 0.3 is 0 Å². The zero-order valence-electron chi connectivity index (χ0n) is 17.4. The van der Waals surface area contributed by atoms with Gasteiger partial charge in [-0.25, -0.2) is 0 Å².